The summed E-state index contributed by atoms with van der Waals surface area (Å²) in [6.45, 7) is 3.07. The summed E-state index contributed by atoms with van der Waals surface area (Å²) in [4.78, 5) is 13.5. The summed E-state index contributed by atoms with van der Waals surface area (Å²) in [6.07, 6.45) is 11.6. The lowest BCUT2D eigenvalue weighted by molar-refractivity contribution is -0.0622. The molecule has 0 atom stereocenters. The van der Waals surface area contributed by atoms with Crippen molar-refractivity contribution in [1.29, 1.82) is 0 Å². The Morgan fingerprint density at radius 3 is 2.45 bits per heavy atom. The summed E-state index contributed by atoms with van der Waals surface area (Å²) in [5.41, 5.74) is -0.379. The maximum atomic E-state index is 10.3. The molecule has 1 N–H and O–H groups in total. The molecule has 3 aliphatic rings. The van der Waals surface area contributed by atoms with Crippen LogP contribution < -0.4 is 4.90 Å². The number of anilines is 1. The van der Waals surface area contributed by atoms with Crippen molar-refractivity contribution in [1.82, 2.24) is 14.9 Å². The van der Waals surface area contributed by atoms with Crippen molar-refractivity contribution in [2.45, 2.75) is 62.6 Å². The highest BCUT2D eigenvalue weighted by atomic mass is 16.3. The number of piperidine rings is 1. The Kier molecular flexibility index (Phi) is 3.78. The lowest BCUT2D eigenvalue weighted by atomic mass is 9.79. The molecule has 0 spiro atoms. The standard InChI is InChI=1S/C17H26N4O/c22-17(7-1-8-17)12-20-10-5-15(6-11-20)21(14-2-3-14)16-4-9-18-13-19-16/h4,9,13-15,22H,1-3,5-8,10-12H2. The molecular weight excluding hydrogens is 276 g/mol. The highest BCUT2D eigenvalue weighted by molar-refractivity contribution is 5.41. The summed E-state index contributed by atoms with van der Waals surface area (Å²) in [7, 11) is 0. The molecule has 120 valence electrons. The van der Waals surface area contributed by atoms with Gasteiger partial charge in [0.1, 0.15) is 12.1 Å². The number of aromatic nitrogens is 2. The van der Waals surface area contributed by atoms with Crippen LogP contribution in [0.4, 0.5) is 5.82 Å². The summed E-state index contributed by atoms with van der Waals surface area (Å²) >= 11 is 0. The van der Waals surface area contributed by atoms with Gasteiger partial charge in [0.25, 0.3) is 0 Å². The smallest absolute Gasteiger partial charge is 0.132 e. The molecule has 0 amide bonds. The Labute approximate surface area is 132 Å². The quantitative estimate of drug-likeness (QED) is 0.899. The van der Waals surface area contributed by atoms with Crippen LogP contribution in [0.5, 0.6) is 0 Å². The van der Waals surface area contributed by atoms with E-state index in [9.17, 15) is 5.11 Å². The summed E-state index contributed by atoms with van der Waals surface area (Å²) < 4.78 is 0. The first-order valence-corrected chi connectivity index (χ1v) is 8.73. The largest absolute Gasteiger partial charge is 0.389 e. The predicted octanol–water partition coefficient (Wildman–Crippen LogP) is 1.82. The molecule has 0 unspecified atom stereocenters. The molecule has 2 aliphatic carbocycles. The van der Waals surface area contributed by atoms with Gasteiger partial charge in [-0.1, -0.05) is 0 Å². The van der Waals surface area contributed by atoms with Crippen molar-refractivity contribution in [3.05, 3.63) is 18.6 Å². The fourth-order valence-corrected chi connectivity index (χ4v) is 3.98. The number of likely N-dealkylation sites (tertiary alicyclic amines) is 1. The Hall–Kier alpha value is -1.20. The summed E-state index contributed by atoms with van der Waals surface area (Å²) in [6, 6.07) is 3.32. The van der Waals surface area contributed by atoms with E-state index in [1.54, 1.807) is 6.33 Å². The zero-order chi connectivity index (χ0) is 15.0. The van der Waals surface area contributed by atoms with Crippen molar-refractivity contribution in [2.24, 2.45) is 0 Å². The summed E-state index contributed by atoms with van der Waals surface area (Å²) in [5.74, 6) is 1.09. The molecule has 3 fully saturated rings. The van der Waals surface area contributed by atoms with Gasteiger partial charge in [-0.05, 0) is 51.0 Å². The number of nitrogens with zero attached hydrogens (tertiary/aromatic N) is 4. The van der Waals surface area contributed by atoms with E-state index in [1.165, 1.54) is 32.1 Å². The predicted molar refractivity (Wildman–Crippen MR) is 85.8 cm³/mol. The summed E-state index contributed by atoms with van der Waals surface area (Å²) in [5, 5.41) is 10.3. The Balaban J connectivity index is 1.37. The van der Waals surface area contributed by atoms with Crippen LogP contribution in [0.1, 0.15) is 44.9 Å². The average molecular weight is 302 g/mol. The Morgan fingerprint density at radius 1 is 1.18 bits per heavy atom. The van der Waals surface area contributed by atoms with Gasteiger partial charge >= 0.3 is 0 Å². The number of aliphatic hydroxyl groups is 1. The molecule has 2 heterocycles. The van der Waals surface area contributed by atoms with Gasteiger partial charge in [-0.3, -0.25) is 0 Å². The average Bonchev–Trinajstić information content (AvgIpc) is 3.34. The van der Waals surface area contributed by atoms with Crippen LogP contribution in [-0.2, 0) is 0 Å². The number of β-amino-alcohol motifs (C(OH)–C–C–N with tert-alkyl or cyclic N) is 1. The fourth-order valence-electron chi connectivity index (χ4n) is 3.98. The Bertz CT molecular complexity index is 493. The van der Waals surface area contributed by atoms with Gasteiger partial charge in [0.2, 0.25) is 0 Å². The van der Waals surface area contributed by atoms with E-state index in [-0.39, 0.29) is 5.60 Å². The normalized spacial score (nSPS) is 25.7. The van der Waals surface area contributed by atoms with Crippen molar-refractivity contribution >= 4 is 5.82 Å². The van der Waals surface area contributed by atoms with Gasteiger partial charge in [-0.15, -0.1) is 0 Å². The molecule has 1 saturated heterocycles. The fraction of sp³-hybridized carbons (Fsp3) is 0.765. The van der Waals surface area contributed by atoms with E-state index in [0.717, 1.165) is 38.3 Å². The minimum absolute atomic E-state index is 0.379. The molecule has 1 aromatic rings. The van der Waals surface area contributed by atoms with Gasteiger partial charge in [0.05, 0.1) is 5.60 Å². The van der Waals surface area contributed by atoms with Crippen LogP contribution in [0.25, 0.3) is 0 Å². The first kappa shape index (κ1) is 14.4. The van der Waals surface area contributed by atoms with Crippen LogP contribution in [0.3, 0.4) is 0 Å². The van der Waals surface area contributed by atoms with Gasteiger partial charge < -0.3 is 14.9 Å². The van der Waals surface area contributed by atoms with E-state index in [2.05, 4.69) is 19.8 Å². The SMILES string of the molecule is OC1(CN2CCC(N(c3ccncn3)C3CC3)CC2)CCC1. The van der Waals surface area contributed by atoms with Crippen LogP contribution in [-0.4, -0.2) is 57.3 Å². The van der Waals surface area contributed by atoms with Crippen LogP contribution >= 0.6 is 0 Å². The van der Waals surface area contributed by atoms with E-state index >= 15 is 0 Å². The van der Waals surface area contributed by atoms with Crippen molar-refractivity contribution < 1.29 is 5.11 Å². The first-order chi connectivity index (χ1) is 10.7. The maximum Gasteiger partial charge on any atom is 0.132 e. The second-order valence-corrected chi connectivity index (χ2v) is 7.29. The zero-order valence-electron chi connectivity index (χ0n) is 13.2. The molecule has 5 heteroatoms. The van der Waals surface area contributed by atoms with Crippen molar-refractivity contribution in [3.63, 3.8) is 0 Å². The molecule has 0 aromatic carbocycles. The molecule has 5 nitrogen and oxygen atoms in total. The zero-order valence-corrected chi connectivity index (χ0v) is 13.2. The molecule has 1 aliphatic heterocycles. The lowest BCUT2D eigenvalue weighted by Gasteiger charge is -2.44. The molecule has 0 radical (unpaired) electrons. The third-order valence-corrected chi connectivity index (χ3v) is 5.52. The lowest BCUT2D eigenvalue weighted by Crippen LogP contribution is -2.52. The minimum Gasteiger partial charge on any atom is -0.389 e. The molecule has 2 saturated carbocycles. The maximum absolute atomic E-state index is 10.3. The third-order valence-electron chi connectivity index (χ3n) is 5.52. The number of hydrogen-bond acceptors (Lipinski definition) is 5. The second-order valence-electron chi connectivity index (χ2n) is 7.29. The highest BCUT2D eigenvalue weighted by Crippen LogP contribution is 2.36. The number of rotatable bonds is 5. The van der Waals surface area contributed by atoms with Crippen LogP contribution in [0.15, 0.2) is 18.6 Å². The van der Waals surface area contributed by atoms with Crippen molar-refractivity contribution in [3.8, 4) is 0 Å². The molecule has 0 bridgehead atoms. The van der Waals surface area contributed by atoms with Crippen LogP contribution in [0.2, 0.25) is 0 Å². The Morgan fingerprint density at radius 2 is 1.91 bits per heavy atom. The van der Waals surface area contributed by atoms with E-state index < -0.39 is 0 Å². The first-order valence-electron chi connectivity index (χ1n) is 8.73. The van der Waals surface area contributed by atoms with Gasteiger partial charge in [0.15, 0.2) is 0 Å². The third kappa shape index (κ3) is 2.97. The van der Waals surface area contributed by atoms with Crippen molar-refractivity contribution in [2.75, 3.05) is 24.5 Å². The van der Waals surface area contributed by atoms with E-state index in [0.29, 0.717) is 12.1 Å². The molecular formula is C17H26N4O. The number of hydrogen-bond donors (Lipinski definition) is 1. The molecule has 4 rings (SSSR count). The van der Waals surface area contributed by atoms with Gasteiger partial charge in [-0.2, -0.15) is 0 Å². The van der Waals surface area contributed by atoms with Crippen LogP contribution in [0, 0.1) is 0 Å². The molecule has 1 aromatic heterocycles. The molecule has 22 heavy (non-hydrogen) atoms. The monoisotopic (exact) mass is 302 g/mol. The topological polar surface area (TPSA) is 52.5 Å². The van der Waals surface area contributed by atoms with E-state index in [1.807, 2.05) is 12.3 Å². The van der Waals surface area contributed by atoms with Gasteiger partial charge in [-0.25, -0.2) is 9.97 Å². The van der Waals surface area contributed by atoms with E-state index in [4.69, 9.17) is 0 Å². The minimum atomic E-state index is -0.379. The second kappa shape index (κ2) is 5.78. The highest BCUT2D eigenvalue weighted by Gasteiger charge is 2.39. The van der Waals surface area contributed by atoms with Gasteiger partial charge in [0, 0.05) is 37.9 Å².